The van der Waals surface area contributed by atoms with Crippen molar-refractivity contribution in [2.24, 2.45) is 0 Å². The number of phenolic OH excluding ortho intramolecular Hbond substituents is 1. The zero-order valence-electron chi connectivity index (χ0n) is 9.47. The molecule has 0 saturated carbocycles. The van der Waals surface area contributed by atoms with E-state index >= 15 is 0 Å². The molecule has 0 aliphatic rings. The number of benzene rings is 1. The summed E-state index contributed by atoms with van der Waals surface area (Å²) in [4.78, 5) is 21.6. The van der Waals surface area contributed by atoms with E-state index in [-0.39, 0.29) is 17.1 Å². The highest BCUT2D eigenvalue weighted by Crippen LogP contribution is 2.32. The van der Waals surface area contributed by atoms with Gasteiger partial charge in [-0.1, -0.05) is 0 Å². The number of hydrogen-bond acceptors (Lipinski definition) is 5. The van der Waals surface area contributed by atoms with Crippen LogP contribution in [-0.4, -0.2) is 22.8 Å². The second-order valence-corrected chi connectivity index (χ2v) is 3.75. The van der Waals surface area contributed by atoms with E-state index in [9.17, 15) is 14.7 Å². The van der Waals surface area contributed by atoms with Gasteiger partial charge in [0, 0.05) is 17.5 Å². The average Bonchev–Trinajstić information content (AvgIpc) is 2.27. The highest BCUT2D eigenvalue weighted by molar-refractivity contribution is 5.83. The van der Waals surface area contributed by atoms with Crippen LogP contribution in [0.4, 0.5) is 0 Å². The summed E-state index contributed by atoms with van der Waals surface area (Å²) in [5, 5.41) is 18.7. The van der Waals surface area contributed by atoms with Crippen molar-refractivity contribution < 1.29 is 24.2 Å². The number of aryl methyl sites for hydroxylation is 1. The van der Waals surface area contributed by atoms with Gasteiger partial charge in [-0.25, -0.2) is 9.59 Å². The summed E-state index contributed by atoms with van der Waals surface area (Å²) in [6.07, 6.45) is 0. The van der Waals surface area contributed by atoms with Crippen LogP contribution >= 0.6 is 0 Å². The minimum Gasteiger partial charge on any atom is -0.504 e. The van der Waals surface area contributed by atoms with Crippen molar-refractivity contribution in [1.29, 1.82) is 0 Å². The molecule has 0 amide bonds. The Labute approximate surface area is 101 Å². The van der Waals surface area contributed by atoms with Gasteiger partial charge in [0.25, 0.3) is 0 Å². The highest BCUT2D eigenvalue weighted by Gasteiger charge is 2.10. The lowest BCUT2D eigenvalue weighted by atomic mass is 10.1. The third-order valence-electron chi connectivity index (χ3n) is 2.38. The number of hydrogen-bond donors (Lipinski definition) is 2. The molecular weight excluding hydrogens is 240 g/mol. The van der Waals surface area contributed by atoms with Crippen molar-refractivity contribution in [1.82, 2.24) is 0 Å². The first-order valence-electron chi connectivity index (χ1n) is 5.09. The molecule has 1 aromatic carbocycles. The summed E-state index contributed by atoms with van der Waals surface area (Å²) in [5.74, 6) is -1.42. The molecule has 6 heteroatoms. The molecule has 0 aliphatic carbocycles. The topological polar surface area (TPSA) is 97.0 Å². The second-order valence-electron chi connectivity index (χ2n) is 3.75. The second kappa shape index (κ2) is 4.40. The van der Waals surface area contributed by atoms with Crippen molar-refractivity contribution in [2.75, 3.05) is 6.61 Å². The van der Waals surface area contributed by atoms with Gasteiger partial charge in [-0.15, -0.1) is 0 Å². The van der Waals surface area contributed by atoms with E-state index in [1.54, 1.807) is 6.92 Å². The summed E-state index contributed by atoms with van der Waals surface area (Å²) in [6.45, 7) is 1.12. The van der Waals surface area contributed by atoms with Crippen molar-refractivity contribution >= 4 is 16.9 Å². The number of rotatable bonds is 3. The van der Waals surface area contributed by atoms with Crippen LogP contribution in [0.2, 0.25) is 0 Å². The maximum Gasteiger partial charge on any atom is 0.341 e. The molecule has 0 bridgehead atoms. The van der Waals surface area contributed by atoms with Crippen LogP contribution in [-0.2, 0) is 4.79 Å². The first kappa shape index (κ1) is 12.0. The van der Waals surface area contributed by atoms with Crippen LogP contribution in [0, 0.1) is 6.92 Å². The number of carboxylic acid groups (broad SMARTS) is 1. The van der Waals surface area contributed by atoms with Gasteiger partial charge < -0.3 is 19.4 Å². The monoisotopic (exact) mass is 250 g/mol. The smallest absolute Gasteiger partial charge is 0.341 e. The third kappa shape index (κ3) is 2.27. The Hall–Kier alpha value is -2.50. The first-order chi connectivity index (χ1) is 8.47. The minimum atomic E-state index is -1.17. The Bertz CT molecular complexity index is 670. The molecule has 0 radical (unpaired) electrons. The molecule has 6 nitrogen and oxygen atoms in total. The molecule has 0 fully saturated rings. The van der Waals surface area contributed by atoms with Gasteiger partial charge in [0.2, 0.25) is 0 Å². The Kier molecular flexibility index (Phi) is 2.93. The number of phenols is 1. The molecule has 0 atom stereocenters. The van der Waals surface area contributed by atoms with Crippen LogP contribution in [0.3, 0.4) is 0 Å². The van der Waals surface area contributed by atoms with Gasteiger partial charge >= 0.3 is 11.6 Å². The SMILES string of the molecule is Cc1cc(=O)oc2cc(OCC(=O)O)c(O)cc12. The van der Waals surface area contributed by atoms with Gasteiger partial charge in [0.15, 0.2) is 18.1 Å². The number of aromatic hydroxyl groups is 1. The predicted octanol–water partition coefficient (Wildman–Crippen LogP) is 1.27. The fraction of sp³-hybridized carbons (Fsp3) is 0.167. The van der Waals surface area contributed by atoms with E-state index in [2.05, 4.69) is 0 Å². The van der Waals surface area contributed by atoms with Gasteiger partial charge in [0.1, 0.15) is 5.58 Å². The van der Waals surface area contributed by atoms with Crippen molar-refractivity contribution in [3.05, 3.63) is 34.2 Å². The van der Waals surface area contributed by atoms with Crippen LogP contribution in [0.25, 0.3) is 11.0 Å². The largest absolute Gasteiger partial charge is 0.504 e. The summed E-state index contributed by atoms with van der Waals surface area (Å²) < 4.78 is 9.83. The highest BCUT2D eigenvalue weighted by atomic mass is 16.5. The van der Waals surface area contributed by atoms with Gasteiger partial charge in [-0.05, 0) is 18.6 Å². The Morgan fingerprint density at radius 3 is 2.78 bits per heavy atom. The number of carbonyl (C=O) groups is 1. The van der Waals surface area contributed by atoms with Gasteiger partial charge in [-0.3, -0.25) is 0 Å². The summed E-state index contributed by atoms with van der Waals surface area (Å²) >= 11 is 0. The van der Waals surface area contributed by atoms with Crippen LogP contribution < -0.4 is 10.4 Å². The molecule has 2 N–H and O–H groups in total. The number of aliphatic carboxylic acids is 1. The van der Waals surface area contributed by atoms with E-state index in [1.807, 2.05) is 0 Å². The zero-order chi connectivity index (χ0) is 13.3. The first-order valence-corrected chi connectivity index (χ1v) is 5.09. The third-order valence-corrected chi connectivity index (χ3v) is 2.38. The van der Waals surface area contributed by atoms with Crippen molar-refractivity contribution in [3.63, 3.8) is 0 Å². The lowest BCUT2D eigenvalue weighted by Crippen LogP contribution is -2.09. The lowest BCUT2D eigenvalue weighted by molar-refractivity contribution is -0.139. The maximum atomic E-state index is 11.2. The molecule has 0 unspecified atom stereocenters. The Balaban J connectivity index is 2.53. The fourth-order valence-corrected chi connectivity index (χ4v) is 1.59. The zero-order valence-corrected chi connectivity index (χ0v) is 9.47. The maximum absolute atomic E-state index is 11.2. The summed E-state index contributed by atoms with van der Waals surface area (Å²) in [7, 11) is 0. The molecular formula is C12H10O6. The van der Waals surface area contributed by atoms with Crippen molar-refractivity contribution in [2.45, 2.75) is 6.92 Å². The number of fused-ring (bicyclic) bond motifs is 1. The molecule has 2 aromatic rings. The molecule has 2 rings (SSSR count). The van der Waals surface area contributed by atoms with Crippen LogP contribution in [0.1, 0.15) is 5.56 Å². The molecule has 94 valence electrons. The summed E-state index contributed by atoms with van der Waals surface area (Å²) in [5.41, 5.74) is 0.370. The summed E-state index contributed by atoms with van der Waals surface area (Å²) in [6, 6.07) is 3.96. The van der Waals surface area contributed by atoms with E-state index < -0.39 is 18.2 Å². The van der Waals surface area contributed by atoms with E-state index in [4.69, 9.17) is 14.3 Å². The van der Waals surface area contributed by atoms with E-state index in [0.717, 1.165) is 0 Å². The molecule has 1 aromatic heterocycles. The van der Waals surface area contributed by atoms with Crippen LogP contribution in [0.5, 0.6) is 11.5 Å². The molecule has 18 heavy (non-hydrogen) atoms. The molecule has 0 spiro atoms. The molecule has 1 heterocycles. The Morgan fingerprint density at radius 2 is 2.11 bits per heavy atom. The molecule has 0 aliphatic heterocycles. The number of carboxylic acids is 1. The van der Waals surface area contributed by atoms with E-state index in [0.29, 0.717) is 10.9 Å². The normalized spacial score (nSPS) is 10.5. The minimum absolute atomic E-state index is 0.0429. The Morgan fingerprint density at radius 1 is 1.39 bits per heavy atom. The quantitative estimate of drug-likeness (QED) is 0.796. The van der Waals surface area contributed by atoms with Crippen molar-refractivity contribution in [3.8, 4) is 11.5 Å². The molecule has 0 saturated heterocycles. The predicted molar refractivity (Wildman–Crippen MR) is 62.0 cm³/mol. The van der Waals surface area contributed by atoms with Gasteiger partial charge in [0.05, 0.1) is 0 Å². The average molecular weight is 250 g/mol. The van der Waals surface area contributed by atoms with Gasteiger partial charge in [-0.2, -0.15) is 0 Å². The van der Waals surface area contributed by atoms with Crippen LogP contribution in [0.15, 0.2) is 27.4 Å². The number of ether oxygens (including phenoxy) is 1. The van der Waals surface area contributed by atoms with E-state index in [1.165, 1.54) is 18.2 Å². The fourth-order valence-electron chi connectivity index (χ4n) is 1.59. The lowest BCUT2D eigenvalue weighted by Gasteiger charge is -2.07. The standard InChI is InChI=1S/C12H10O6/c1-6-2-12(16)18-9-4-10(17-5-11(14)15)8(13)3-7(6)9/h2-4,13H,5H2,1H3,(H,14,15).